The van der Waals surface area contributed by atoms with Crippen LogP contribution in [0.5, 0.6) is 0 Å². The molecule has 1 unspecified atom stereocenters. The van der Waals surface area contributed by atoms with Crippen LogP contribution >= 0.6 is 0 Å². The van der Waals surface area contributed by atoms with Gasteiger partial charge in [-0.15, -0.1) is 0 Å². The van der Waals surface area contributed by atoms with E-state index in [0.29, 0.717) is 35.7 Å². The van der Waals surface area contributed by atoms with Gasteiger partial charge in [0, 0.05) is 11.8 Å². The van der Waals surface area contributed by atoms with Gasteiger partial charge in [-0.05, 0) is 80.3 Å². The van der Waals surface area contributed by atoms with Gasteiger partial charge in [0.2, 0.25) is 0 Å². The van der Waals surface area contributed by atoms with Crippen molar-refractivity contribution in [2.24, 2.45) is 29.1 Å². The van der Waals surface area contributed by atoms with Crippen LogP contribution in [-0.4, -0.2) is 28.9 Å². The Labute approximate surface area is 189 Å². The van der Waals surface area contributed by atoms with Gasteiger partial charge < -0.3 is 9.84 Å². The average Bonchev–Trinajstić information content (AvgIpc) is 3.10. The number of carbonyl (C=O) groups is 3. The molecule has 0 radical (unpaired) electrons. The molecule has 1 aromatic rings. The van der Waals surface area contributed by atoms with E-state index in [9.17, 15) is 19.5 Å². The highest BCUT2D eigenvalue weighted by Crippen LogP contribution is 2.62. The molecule has 5 nitrogen and oxygen atoms in total. The van der Waals surface area contributed by atoms with Crippen molar-refractivity contribution < 1.29 is 24.2 Å². The van der Waals surface area contributed by atoms with E-state index in [1.54, 1.807) is 24.3 Å². The molecule has 7 atom stereocenters. The average molecular weight is 437 g/mol. The first kappa shape index (κ1) is 21.4. The molecule has 5 heteroatoms. The zero-order valence-electron chi connectivity index (χ0n) is 18.7. The van der Waals surface area contributed by atoms with E-state index >= 15 is 0 Å². The third-order valence-electron chi connectivity index (χ3n) is 9.09. The highest BCUT2D eigenvalue weighted by molar-refractivity contribution is 6.00. The summed E-state index contributed by atoms with van der Waals surface area (Å²) >= 11 is 0. The maximum atomic E-state index is 13.0. The van der Waals surface area contributed by atoms with Crippen LogP contribution in [0.3, 0.4) is 0 Å². The summed E-state index contributed by atoms with van der Waals surface area (Å²) in [4.78, 5) is 36.8. The fraction of sp³-hybridized carbons (Fsp3) is 0.593. The van der Waals surface area contributed by atoms with E-state index in [1.807, 2.05) is 12.1 Å². The minimum atomic E-state index is -1.28. The molecule has 0 aromatic heterocycles. The van der Waals surface area contributed by atoms with Crippen LogP contribution < -0.4 is 0 Å². The molecule has 1 aromatic carbocycles. The number of benzene rings is 1. The Morgan fingerprint density at radius 3 is 2.56 bits per heavy atom. The summed E-state index contributed by atoms with van der Waals surface area (Å²) in [6.07, 6.45) is 9.43. The zero-order valence-corrected chi connectivity index (χ0v) is 18.7. The summed E-state index contributed by atoms with van der Waals surface area (Å²) < 4.78 is 5.99. The van der Waals surface area contributed by atoms with Gasteiger partial charge in [0.05, 0.1) is 0 Å². The van der Waals surface area contributed by atoms with E-state index < -0.39 is 17.9 Å². The predicted molar refractivity (Wildman–Crippen MR) is 119 cm³/mol. The molecule has 0 spiro atoms. The number of rotatable bonds is 4. The molecule has 4 aliphatic rings. The van der Waals surface area contributed by atoms with Crippen LogP contribution in [-0.2, 0) is 19.1 Å². The van der Waals surface area contributed by atoms with E-state index in [-0.39, 0.29) is 17.3 Å². The number of esters is 1. The number of aliphatic carboxylic acids is 1. The quantitative estimate of drug-likeness (QED) is 0.536. The van der Waals surface area contributed by atoms with Crippen molar-refractivity contribution >= 4 is 17.7 Å². The van der Waals surface area contributed by atoms with Gasteiger partial charge in [0.1, 0.15) is 6.10 Å². The van der Waals surface area contributed by atoms with Gasteiger partial charge in [-0.2, -0.15) is 0 Å². The molecule has 170 valence electrons. The number of carbonyl (C=O) groups excluding carboxylic acids is 2. The number of ketones is 1. The lowest BCUT2D eigenvalue weighted by molar-refractivity contribution is -0.165. The zero-order chi connectivity index (χ0) is 22.5. The van der Waals surface area contributed by atoms with E-state index in [0.717, 1.165) is 44.9 Å². The molecule has 32 heavy (non-hydrogen) atoms. The van der Waals surface area contributed by atoms with Crippen molar-refractivity contribution in [3.05, 3.63) is 47.5 Å². The smallest absolute Gasteiger partial charge is 0.325 e. The van der Waals surface area contributed by atoms with Gasteiger partial charge in [0.25, 0.3) is 0 Å². The summed E-state index contributed by atoms with van der Waals surface area (Å²) in [5, 5.41) is 9.72. The van der Waals surface area contributed by atoms with Crippen molar-refractivity contribution in [2.45, 2.75) is 70.3 Å². The van der Waals surface area contributed by atoms with Gasteiger partial charge in [-0.25, -0.2) is 0 Å². The van der Waals surface area contributed by atoms with E-state index in [4.69, 9.17) is 4.74 Å². The maximum Gasteiger partial charge on any atom is 0.325 e. The minimum Gasteiger partial charge on any atom is -0.480 e. The van der Waals surface area contributed by atoms with Crippen molar-refractivity contribution in [3.63, 3.8) is 0 Å². The molecule has 4 aliphatic carbocycles. The number of fused-ring (bicyclic) bond motifs is 5. The fourth-order valence-electron chi connectivity index (χ4n) is 7.56. The lowest BCUT2D eigenvalue weighted by Crippen LogP contribution is -2.48. The van der Waals surface area contributed by atoms with Crippen LogP contribution in [0.15, 0.2) is 42.0 Å². The van der Waals surface area contributed by atoms with E-state index in [2.05, 4.69) is 6.92 Å². The summed E-state index contributed by atoms with van der Waals surface area (Å²) in [7, 11) is 0. The predicted octanol–water partition coefficient (Wildman–Crippen LogP) is 4.91. The molecular formula is C27H32O5. The van der Waals surface area contributed by atoms with Gasteiger partial charge >= 0.3 is 11.9 Å². The number of hydrogen-bond donors (Lipinski definition) is 1. The Hall–Kier alpha value is -2.43. The van der Waals surface area contributed by atoms with Gasteiger partial charge in [-0.1, -0.05) is 42.8 Å². The highest BCUT2D eigenvalue weighted by atomic mass is 16.5. The Bertz CT molecular complexity index is 950. The molecule has 0 bridgehead atoms. The lowest BCUT2D eigenvalue weighted by atomic mass is 9.52. The summed E-state index contributed by atoms with van der Waals surface area (Å²) in [6, 6.07) is 8.65. The van der Waals surface area contributed by atoms with Crippen molar-refractivity contribution in [3.8, 4) is 0 Å². The first-order valence-corrected chi connectivity index (χ1v) is 12.1. The van der Waals surface area contributed by atoms with Crippen LogP contribution in [0.1, 0.15) is 69.8 Å². The minimum absolute atomic E-state index is 0.0950. The standard InChI is InChI=1S/C27H32O5/c1-27-14-13-20-19-10-8-18(28)15-17(19)7-9-21(20)22(27)11-12-23(27)32-26(31)24(25(29)30)16-5-3-2-4-6-16/h2-6,15,19-24H,7-14H2,1H3,(H,29,30)/t19-,20+,21+,22-,23-,24?,27-/m0/s1. The van der Waals surface area contributed by atoms with Gasteiger partial charge in [0.15, 0.2) is 11.7 Å². The number of carboxylic acid groups (broad SMARTS) is 1. The Morgan fingerprint density at radius 1 is 1.03 bits per heavy atom. The molecule has 0 heterocycles. The molecule has 5 rings (SSSR count). The molecule has 0 aliphatic heterocycles. The summed E-state index contributed by atoms with van der Waals surface area (Å²) in [6.45, 7) is 2.26. The number of ether oxygens (including phenoxy) is 1. The summed E-state index contributed by atoms with van der Waals surface area (Å²) in [5.41, 5.74) is 1.74. The molecule has 3 fully saturated rings. The van der Waals surface area contributed by atoms with Crippen molar-refractivity contribution in [2.75, 3.05) is 0 Å². The third kappa shape index (κ3) is 3.50. The van der Waals surface area contributed by atoms with Crippen LogP contribution in [0.25, 0.3) is 0 Å². The fourth-order valence-corrected chi connectivity index (χ4v) is 7.56. The lowest BCUT2D eigenvalue weighted by Gasteiger charge is -2.53. The number of hydrogen-bond acceptors (Lipinski definition) is 4. The Kier molecular flexibility index (Phi) is 5.47. The SMILES string of the molecule is C[C@]12CC[C@H]3[C@@H](CCC4=CC(=O)CC[C@@H]43)[C@@H]1CC[C@@H]2OC(=O)C(C(=O)O)c1ccccc1. The molecule has 0 amide bonds. The monoisotopic (exact) mass is 436 g/mol. The topological polar surface area (TPSA) is 80.7 Å². The third-order valence-corrected chi connectivity index (χ3v) is 9.09. The van der Waals surface area contributed by atoms with Crippen LogP contribution in [0, 0.1) is 29.1 Å². The molecule has 3 saturated carbocycles. The first-order chi connectivity index (χ1) is 15.4. The maximum absolute atomic E-state index is 13.0. The first-order valence-electron chi connectivity index (χ1n) is 12.1. The number of carboxylic acids is 1. The highest BCUT2D eigenvalue weighted by Gasteiger charge is 2.57. The molecule has 0 saturated heterocycles. The molecular weight excluding hydrogens is 404 g/mol. The second kappa shape index (κ2) is 8.17. The van der Waals surface area contributed by atoms with Crippen molar-refractivity contribution in [1.29, 1.82) is 0 Å². The van der Waals surface area contributed by atoms with Crippen LogP contribution in [0.4, 0.5) is 0 Å². The summed E-state index contributed by atoms with van der Waals surface area (Å²) in [5.74, 6) is -0.512. The normalized spacial score (nSPS) is 36.8. The largest absolute Gasteiger partial charge is 0.480 e. The van der Waals surface area contributed by atoms with Crippen LogP contribution in [0.2, 0.25) is 0 Å². The second-order valence-electron chi connectivity index (χ2n) is 10.5. The second-order valence-corrected chi connectivity index (χ2v) is 10.5. The van der Waals surface area contributed by atoms with Gasteiger partial charge in [-0.3, -0.25) is 14.4 Å². The Balaban J connectivity index is 1.33. The Morgan fingerprint density at radius 2 is 1.81 bits per heavy atom. The molecule has 1 N–H and O–H groups in total. The van der Waals surface area contributed by atoms with E-state index in [1.165, 1.54) is 5.57 Å². The number of allylic oxidation sites excluding steroid dienone is 1. The van der Waals surface area contributed by atoms with Crippen molar-refractivity contribution in [1.82, 2.24) is 0 Å².